The first-order valence-corrected chi connectivity index (χ1v) is 5.76. The number of hydrogen-bond donors (Lipinski definition) is 1. The van der Waals surface area contributed by atoms with E-state index < -0.39 is 0 Å². The Morgan fingerprint density at radius 2 is 1.93 bits per heavy atom. The van der Waals surface area contributed by atoms with Crippen LogP contribution >= 0.6 is 0 Å². The zero-order chi connectivity index (χ0) is 10.8. The van der Waals surface area contributed by atoms with E-state index in [-0.39, 0.29) is 0 Å². The van der Waals surface area contributed by atoms with E-state index in [9.17, 15) is 0 Å². The van der Waals surface area contributed by atoms with Gasteiger partial charge in [-0.25, -0.2) is 0 Å². The lowest BCUT2D eigenvalue weighted by atomic mass is 9.76. The van der Waals surface area contributed by atoms with Crippen molar-refractivity contribution in [1.82, 2.24) is 4.90 Å². The maximum Gasteiger partial charge on any atom is 0.0434 e. The molecule has 0 aromatic carbocycles. The summed E-state index contributed by atoms with van der Waals surface area (Å²) in [5, 5.41) is 8.80. The second-order valence-corrected chi connectivity index (χ2v) is 5.90. The Labute approximate surface area is 88.3 Å². The molecule has 2 nitrogen and oxygen atoms in total. The summed E-state index contributed by atoms with van der Waals surface area (Å²) < 4.78 is 0. The van der Waals surface area contributed by atoms with E-state index in [0.717, 1.165) is 18.9 Å². The summed E-state index contributed by atoms with van der Waals surface area (Å²) in [5.41, 5.74) is 0.469. The Kier molecular flexibility index (Phi) is 3.96. The van der Waals surface area contributed by atoms with Gasteiger partial charge in [0, 0.05) is 26.2 Å². The highest BCUT2D eigenvalue weighted by Crippen LogP contribution is 2.33. The molecule has 1 unspecified atom stereocenters. The van der Waals surface area contributed by atoms with Gasteiger partial charge >= 0.3 is 0 Å². The third kappa shape index (κ3) is 3.25. The summed E-state index contributed by atoms with van der Waals surface area (Å²) in [5.74, 6) is 1.50. The van der Waals surface area contributed by atoms with Crippen LogP contribution in [0.15, 0.2) is 0 Å². The van der Waals surface area contributed by atoms with Gasteiger partial charge in [0.2, 0.25) is 0 Å². The minimum Gasteiger partial charge on any atom is -0.396 e. The molecule has 0 aromatic rings. The third-order valence-electron chi connectivity index (χ3n) is 3.37. The average Bonchev–Trinajstić information content (AvgIpc) is 1.94. The van der Waals surface area contributed by atoms with Crippen molar-refractivity contribution in [2.75, 3.05) is 26.2 Å². The number of hydrogen-bond acceptors (Lipinski definition) is 2. The number of aliphatic hydroxyl groups excluding tert-OH is 1. The quantitative estimate of drug-likeness (QED) is 0.748. The van der Waals surface area contributed by atoms with Gasteiger partial charge in [-0.3, -0.25) is 0 Å². The Bertz CT molecular complexity index is 168. The van der Waals surface area contributed by atoms with Crippen LogP contribution in [0.25, 0.3) is 0 Å². The molecule has 1 N–H and O–H groups in total. The van der Waals surface area contributed by atoms with Crippen molar-refractivity contribution in [3.63, 3.8) is 0 Å². The fourth-order valence-electron chi connectivity index (χ4n) is 2.02. The van der Waals surface area contributed by atoms with Crippen molar-refractivity contribution in [2.24, 2.45) is 17.3 Å². The van der Waals surface area contributed by atoms with Crippen LogP contribution in [0, 0.1) is 17.3 Å². The lowest BCUT2D eigenvalue weighted by Gasteiger charge is -2.47. The van der Waals surface area contributed by atoms with Crippen LogP contribution in [0.2, 0.25) is 0 Å². The predicted octanol–water partition coefficient (Wildman–Crippen LogP) is 1.98. The van der Waals surface area contributed by atoms with E-state index in [1.54, 1.807) is 0 Å². The van der Waals surface area contributed by atoms with Crippen LogP contribution in [0.4, 0.5) is 0 Å². The molecular formula is C12H25NO. The van der Waals surface area contributed by atoms with Crippen molar-refractivity contribution in [1.29, 1.82) is 0 Å². The zero-order valence-electron chi connectivity index (χ0n) is 10.1. The van der Waals surface area contributed by atoms with Crippen molar-refractivity contribution >= 4 is 0 Å². The molecule has 0 aliphatic carbocycles. The van der Waals surface area contributed by atoms with Gasteiger partial charge in [-0.2, -0.15) is 0 Å². The molecule has 14 heavy (non-hydrogen) atoms. The van der Waals surface area contributed by atoms with Gasteiger partial charge in [0.05, 0.1) is 0 Å². The van der Waals surface area contributed by atoms with Gasteiger partial charge in [0.25, 0.3) is 0 Å². The monoisotopic (exact) mass is 199 g/mol. The average molecular weight is 199 g/mol. The van der Waals surface area contributed by atoms with Gasteiger partial charge in [-0.05, 0) is 23.7 Å². The molecule has 1 saturated heterocycles. The number of likely N-dealkylation sites (tertiary alicyclic amines) is 1. The molecule has 1 aliphatic heterocycles. The van der Waals surface area contributed by atoms with Gasteiger partial charge in [-0.15, -0.1) is 0 Å². The molecule has 0 bridgehead atoms. The van der Waals surface area contributed by atoms with E-state index in [0.29, 0.717) is 17.9 Å². The number of rotatable bonds is 4. The first-order chi connectivity index (χ1) is 6.43. The fraction of sp³-hybridized carbons (Fsp3) is 1.00. The van der Waals surface area contributed by atoms with Gasteiger partial charge in [-0.1, -0.05) is 27.7 Å². The lowest BCUT2D eigenvalue weighted by Crippen LogP contribution is -2.53. The number of nitrogens with zero attached hydrogens (tertiary/aromatic N) is 1. The van der Waals surface area contributed by atoms with Crippen molar-refractivity contribution in [2.45, 2.75) is 34.1 Å². The van der Waals surface area contributed by atoms with Crippen LogP contribution in [0.5, 0.6) is 0 Å². The summed E-state index contributed by atoms with van der Waals surface area (Å²) in [6, 6.07) is 0. The lowest BCUT2D eigenvalue weighted by molar-refractivity contribution is 0.0134. The minimum atomic E-state index is 0.331. The Hall–Kier alpha value is -0.0800. The summed E-state index contributed by atoms with van der Waals surface area (Å²) in [4.78, 5) is 2.51. The maximum absolute atomic E-state index is 8.80. The standard InChI is InChI=1S/C12H25NO/c1-10(5-6-14)7-13-8-11(9-13)12(2,3)4/h10-11,14H,5-9H2,1-4H3. The van der Waals surface area contributed by atoms with E-state index >= 15 is 0 Å². The first kappa shape index (κ1) is 12.0. The molecule has 0 saturated carbocycles. The normalized spacial score (nSPS) is 22.1. The molecule has 1 aliphatic rings. The van der Waals surface area contributed by atoms with Gasteiger partial charge in [0.1, 0.15) is 0 Å². The van der Waals surface area contributed by atoms with Crippen molar-refractivity contribution in [3.8, 4) is 0 Å². The molecule has 0 aromatic heterocycles. The molecule has 0 amide bonds. The van der Waals surface area contributed by atoms with Gasteiger partial charge < -0.3 is 10.0 Å². The molecule has 84 valence electrons. The molecule has 0 spiro atoms. The molecule has 1 rings (SSSR count). The Morgan fingerprint density at radius 1 is 1.36 bits per heavy atom. The maximum atomic E-state index is 8.80. The smallest absolute Gasteiger partial charge is 0.0434 e. The second kappa shape index (κ2) is 4.63. The van der Waals surface area contributed by atoms with E-state index in [4.69, 9.17) is 5.11 Å². The summed E-state index contributed by atoms with van der Waals surface area (Å²) in [6.07, 6.45) is 0.941. The van der Waals surface area contributed by atoms with Crippen molar-refractivity contribution < 1.29 is 5.11 Å². The highest BCUT2D eigenvalue weighted by molar-refractivity contribution is 4.88. The van der Waals surface area contributed by atoms with Crippen LogP contribution in [0.3, 0.4) is 0 Å². The van der Waals surface area contributed by atoms with Crippen LogP contribution < -0.4 is 0 Å². The zero-order valence-corrected chi connectivity index (χ0v) is 10.1. The molecule has 0 radical (unpaired) electrons. The summed E-state index contributed by atoms with van der Waals surface area (Å²) >= 11 is 0. The first-order valence-electron chi connectivity index (χ1n) is 5.76. The van der Waals surface area contributed by atoms with Crippen LogP contribution in [0.1, 0.15) is 34.1 Å². The minimum absolute atomic E-state index is 0.331. The predicted molar refractivity (Wildman–Crippen MR) is 60.3 cm³/mol. The fourth-order valence-corrected chi connectivity index (χ4v) is 2.02. The molecule has 2 heteroatoms. The van der Waals surface area contributed by atoms with E-state index in [1.165, 1.54) is 13.1 Å². The Morgan fingerprint density at radius 3 is 2.36 bits per heavy atom. The van der Waals surface area contributed by atoms with Gasteiger partial charge in [0.15, 0.2) is 0 Å². The van der Waals surface area contributed by atoms with Crippen molar-refractivity contribution in [3.05, 3.63) is 0 Å². The highest BCUT2D eigenvalue weighted by atomic mass is 16.3. The molecule has 1 heterocycles. The topological polar surface area (TPSA) is 23.5 Å². The largest absolute Gasteiger partial charge is 0.396 e. The van der Waals surface area contributed by atoms with E-state index in [2.05, 4.69) is 32.6 Å². The second-order valence-electron chi connectivity index (χ2n) is 5.90. The van der Waals surface area contributed by atoms with Crippen LogP contribution in [-0.4, -0.2) is 36.2 Å². The number of aliphatic hydroxyl groups is 1. The Balaban J connectivity index is 2.16. The SMILES string of the molecule is CC(CCO)CN1CC(C(C)(C)C)C1. The molecule has 1 atom stereocenters. The third-order valence-corrected chi connectivity index (χ3v) is 3.37. The highest BCUT2D eigenvalue weighted by Gasteiger charge is 2.35. The molecule has 1 fully saturated rings. The van der Waals surface area contributed by atoms with Crippen LogP contribution in [-0.2, 0) is 0 Å². The summed E-state index contributed by atoms with van der Waals surface area (Å²) in [6.45, 7) is 13.2. The van der Waals surface area contributed by atoms with E-state index in [1.807, 2.05) is 0 Å². The summed E-state index contributed by atoms with van der Waals surface area (Å²) in [7, 11) is 0. The molecular weight excluding hydrogens is 174 g/mol.